The van der Waals surface area contributed by atoms with Gasteiger partial charge in [0.1, 0.15) is 5.75 Å². The van der Waals surface area contributed by atoms with Crippen molar-refractivity contribution in [1.29, 1.82) is 0 Å². The minimum Gasteiger partial charge on any atom is -0.495 e. The summed E-state index contributed by atoms with van der Waals surface area (Å²) in [4.78, 5) is 6.65. The lowest BCUT2D eigenvalue weighted by Crippen LogP contribution is -1.86. The van der Waals surface area contributed by atoms with Crippen LogP contribution in [-0.4, -0.2) is 17.1 Å². The summed E-state index contributed by atoms with van der Waals surface area (Å²) in [6.07, 6.45) is 1.94. The maximum absolute atomic E-state index is 5.44. The number of rotatable bonds is 2. The molecule has 0 bridgehead atoms. The van der Waals surface area contributed by atoms with Gasteiger partial charge in [0.25, 0.3) is 0 Å². The summed E-state index contributed by atoms with van der Waals surface area (Å²) in [5, 5.41) is 2.31. The van der Waals surface area contributed by atoms with E-state index in [-0.39, 0.29) is 0 Å². The van der Waals surface area contributed by atoms with Crippen molar-refractivity contribution < 1.29 is 4.74 Å². The van der Waals surface area contributed by atoms with E-state index in [2.05, 4.69) is 66.1 Å². The number of hydrogen-bond donors (Lipinski definition) is 2. The smallest absolute Gasteiger partial charge is 0.142 e. The van der Waals surface area contributed by atoms with Gasteiger partial charge >= 0.3 is 0 Å². The second-order valence-electron chi connectivity index (χ2n) is 5.09. The fourth-order valence-corrected chi connectivity index (χ4v) is 3.91. The zero-order valence-electron chi connectivity index (χ0n) is 11.7. The standard InChI is InChI=1S/C17H12Br2N2O/c1-22-14-5-3-10(11-6-7-20-16(11)14)15-12-8-9(18)2-4-13(12)21-17(15)19/h2-8,20-21H,1H3. The summed E-state index contributed by atoms with van der Waals surface area (Å²) in [6, 6.07) is 12.4. The van der Waals surface area contributed by atoms with Crippen molar-refractivity contribution in [3.05, 3.63) is 51.7 Å². The van der Waals surface area contributed by atoms with Crippen molar-refractivity contribution in [2.24, 2.45) is 0 Å². The molecule has 0 fully saturated rings. The zero-order chi connectivity index (χ0) is 15.3. The number of ether oxygens (including phenoxy) is 1. The molecule has 0 atom stereocenters. The van der Waals surface area contributed by atoms with Crippen LogP contribution in [0.1, 0.15) is 0 Å². The Morgan fingerprint density at radius 1 is 1.00 bits per heavy atom. The van der Waals surface area contributed by atoms with Crippen molar-refractivity contribution in [3.8, 4) is 16.9 Å². The van der Waals surface area contributed by atoms with Gasteiger partial charge in [0.2, 0.25) is 0 Å². The Morgan fingerprint density at radius 3 is 2.68 bits per heavy atom. The SMILES string of the molecule is COc1ccc(-c2c(Br)[nH]c3ccc(Br)cc23)c2cc[nH]c12. The first-order valence-electron chi connectivity index (χ1n) is 6.80. The molecule has 3 nitrogen and oxygen atoms in total. The van der Waals surface area contributed by atoms with E-state index in [4.69, 9.17) is 4.74 Å². The summed E-state index contributed by atoms with van der Waals surface area (Å²) in [7, 11) is 1.69. The Morgan fingerprint density at radius 2 is 1.86 bits per heavy atom. The normalized spacial score (nSPS) is 11.4. The Bertz CT molecular complexity index is 1000. The molecule has 0 aliphatic heterocycles. The number of hydrogen-bond acceptors (Lipinski definition) is 1. The first-order valence-corrected chi connectivity index (χ1v) is 8.39. The molecule has 5 heteroatoms. The van der Waals surface area contributed by atoms with E-state index < -0.39 is 0 Å². The summed E-state index contributed by atoms with van der Waals surface area (Å²) in [5.41, 5.74) is 4.43. The number of benzene rings is 2. The molecule has 4 rings (SSSR count). The quantitative estimate of drug-likeness (QED) is 0.420. The van der Waals surface area contributed by atoms with E-state index in [1.807, 2.05) is 18.3 Å². The number of halogens is 2. The zero-order valence-corrected chi connectivity index (χ0v) is 14.9. The lowest BCUT2D eigenvalue weighted by Gasteiger charge is -2.07. The molecule has 0 unspecified atom stereocenters. The minimum atomic E-state index is 0.848. The van der Waals surface area contributed by atoms with Crippen molar-refractivity contribution in [2.45, 2.75) is 0 Å². The van der Waals surface area contributed by atoms with Crippen LogP contribution in [0.5, 0.6) is 5.75 Å². The molecule has 0 amide bonds. The molecule has 0 aliphatic carbocycles. The van der Waals surface area contributed by atoms with Gasteiger partial charge in [0, 0.05) is 32.5 Å². The van der Waals surface area contributed by atoms with Gasteiger partial charge in [-0.1, -0.05) is 15.9 Å². The summed E-state index contributed by atoms with van der Waals surface area (Å²) < 4.78 is 7.48. The van der Waals surface area contributed by atoms with E-state index in [9.17, 15) is 0 Å². The maximum Gasteiger partial charge on any atom is 0.142 e. The number of H-pyrrole nitrogens is 2. The fourth-order valence-electron chi connectivity index (χ4n) is 2.91. The van der Waals surface area contributed by atoms with Crippen molar-refractivity contribution in [2.75, 3.05) is 7.11 Å². The summed E-state index contributed by atoms with van der Waals surface area (Å²) >= 11 is 7.23. The van der Waals surface area contributed by atoms with Crippen LogP contribution in [-0.2, 0) is 0 Å². The van der Waals surface area contributed by atoms with Crippen LogP contribution in [0, 0.1) is 0 Å². The van der Waals surface area contributed by atoms with Crippen molar-refractivity contribution in [3.63, 3.8) is 0 Å². The van der Waals surface area contributed by atoms with Gasteiger partial charge in [0.15, 0.2) is 0 Å². The molecular weight excluding hydrogens is 408 g/mol. The van der Waals surface area contributed by atoms with Crippen LogP contribution in [0.25, 0.3) is 32.9 Å². The lowest BCUT2D eigenvalue weighted by atomic mass is 10.0. The monoisotopic (exact) mass is 418 g/mol. The van der Waals surface area contributed by atoms with E-state index in [0.29, 0.717) is 0 Å². The molecule has 110 valence electrons. The van der Waals surface area contributed by atoms with Gasteiger partial charge in [-0.3, -0.25) is 0 Å². The number of aromatic nitrogens is 2. The molecule has 2 aromatic heterocycles. The first-order chi connectivity index (χ1) is 10.7. The third-order valence-corrected chi connectivity index (χ3v) is 4.98. The Hall–Kier alpha value is -1.72. The Labute approximate surface area is 143 Å². The average molecular weight is 420 g/mol. The van der Waals surface area contributed by atoms with Crippen LogP contribution < -0.4 is 4.74 Å². The van der Waals surface area contributed by atoms with E-state index in [0.717, 1.165) is 42.4 Å². The van der Waals surface area contributed by atoms with Gasteiger partial charge in [-0.15, -0.1) is 0 Å². The number of methoxy groups -OCH3 is 1. The van der Waals surface area contributed by atoms with Crippen molar-refractivity contribution in [1.82, 2.24) is 9.97 Å². The highest BCUT2D eigenvalue weighted by Crippen LogP contribution is 2.41. The summed E-state index contributed by atoms with van der Waals surface area (Å²) in [5.74, 6) is 0.848. The predicted octanol–water partition coefficient (Wildman–Crippen LogP) is 5.85. The fraction of sp³-hybridized carbons (Fsp3) is 0.0588. The molecule has 0 aliphatic rings. The summed E-state index contributed by atoms with van der Waals surface area (Å²) in [6.45, 7) is 0. The first kappa shape index (κ1) is 13.9. The van der Waals surface area contributed by atoms with Gasteiger partial charge in [-0.25, -0.2) is 0 Å². The van der Waals surface area contributed by atoms with Gasteiger partial charge in [-0.2, -0.15) is 0 Å². The molecule has 4 aromatic rings. The number of fused-ring (bicyclic) bond motifs is 2. The molecule has 2 heterocycles. The molecule has 0 radical (unpaired) electrons. The van der Waals surface area contributed by atoms with E-state index >= 15 is 0 Å². The van der Waals surface area contributed by atoms with Crippen LogP contribution in [0.2, 0.25) is 0 Å². The Kier molecular flexibility index (Phi) is 3.27. The lowest BCUT2D eigenvalue weighted by molar-refractivity contribution is 0.419. The predicted molar refractivity (Wildman–Crippen MR) is 97.5 cm³/mol. The number of nitrogens with one attached hydrogen (secondary N) is 2. The highest BCUT2D eigenvalue weighted by molar-refractivity contribution is 9.10. The molecule has 0 spiro atoms. The van der Waals surface area contributed by atoms with Crippen LogP contribution in [0.4, 0.5) is 0 Å². The van der Waals surface area contributed by atoms with Gasteiger partial charge in [0.05, 0.1) is 17.2 Å². The van der Waals surface area contributed by atoms with Gasteiger partial charge in [-0.05, 0) is 57.9 Å². The Balaban J connectivity index is 2.10. The maximum atomic E-state index is 5.44. The second kappa shape index (κ2) is 5.18. The van der Waals surface area contributed by atoms with Crippen LogP contribution in [0.3, 0.4) is 0 Å². The third kappa shape index (κ3) is 2.00. The molecule has 0 saturated carbocycles. The molecule has 0 saturated heterocycles. The van der Waals surface area contributed by atoms with Crippen molar-refractivity contribution >= 4 is 53.7 Å². The molecule has 2 aromatic carbocycles. The molecule has 22 heavy (non-hydrogen) atoms. The second-order valence-corrected chi connectivity index (χ2v) is 6.79. The highest BCUT2D eigenvalue weighted by Gasteiger charge is 2.16. The number of aromatic amines is 2. The van der Waals surface area contributed by atoms with Crippen LogP contribution >= 0.6 is 31.9 Å². The van der Waals surface area contributed by atoms with Crippen LogP contribution in [0.15, 0.2) is 51.7 Å². The third-order valence-electron chi connectivity index (χ3n) is 3.89. The molecular formula is C17H12Br2N2O. The van der Waals surface area contributed by atoms with E-state index in [1.165, 1.54) is 5.39 Å². The average Bonchev–Trinajstić information content (AvgIpc) is 3.10. The van der Waals surface area contributed by atoms with Gasteiger partial charge < -0.3 is 14.7 Å². The topological polar surface area (TPSA) is 40.8 Å². The largest absolute Gasteiger partial charge is 0.495 e. The van der Waals surface area contributed by atoms with E-state index in [1.54, 1.807) is 7.11 Å². The minimum absolute atomic E-state index is 0.848. The molecule has 2 N–H and O–H groups in total. The highest BCUT2D eigenvalue weighted by atomic mass is 79.9.